The number of imidazole rings is 1. The van der Waals surface area contributed by atoms with Gasteiger partial charge in [-0.15, -0.1) is 0 Å². The molecule has 2 aliphatic rings. The van der Waals surface area contributed by atoms with Crippen molar-refractivity contribution in [3.8, 4) is 0 Å². The first kappa shape index (κ1) is 18.1. The zero-order valence-corrected chi connectivity index (χ0v) is 17.1. The number of hydrogen-bond acceptors (Lipinski definition) is 5. The summed E-state index contributed by atoms with van der Waals surface area (Å²) < 4.78 is 1.89. The predicted octanol–water partition coefficient (Wildman–Crippen LogP) is 2.84. The van der Waals surface area contributed by atoms with E-state index in [1.807, 2.05) is 45.9 Å². The lowest BCUT2D eigenvalue weighted by Gasteiger charge is -2.35. The van der Waals surface area contributed by atoms with E-state index in [0.29, 0.717) is 5.56 Å². The van der Waals surface area contributed by atoms with Crippen LogP contribution >= 0.6 is 0 Å². The number of aromatic nitrogens is 5. The minimum atomic E-state index is -0.137. The van der Waals surface area contributed by atoms with E-state index < -0.39 is 0 Å². The number of nitrogens with one attached hydrogen (secondary N) is 1. The van der Waals surface area contributed by atoms with Crippen LogP contribution in [0.25, 0.3) is 5.52 Å². The molecule has 1 atom stereocenters. The summed E-state index contributed by atoms with van der Waals surface area (Å²) in [4.78, 5) is 29.4. The van der Waals surface area contributed by atoms with Gasteiger partial charge in [-0.3, -0.25) is 4.79 Å². The van der Waals surface area contributed by atoms with Crippen LogP contribution in [0.2, 0.25) is 0 Å². The first-order valence-corrected chi connectivity index (χ1v) is 10.8. The second-order valence-corrected chi connectivity index (χ2v) is 8.16. The molecule has 1 fully saturated rings. The van der Waals surface area contributed by atoms with Crippen LogP contribution in [-0.4, -0.2) is 55.0 Å². The number of H-pyrrole nitrogens is 1. The molecule has 8 nitrogen and oxygen atoms in total. The molecule has 156 valence electrons. The third kappa shape index (κ3) is 3.06. The Balaban J connectivity index is 1.37. The maximum Gasteiger partial charge on any atom is 0.255 e. The molecule has 0 unspecified atom stereocenters. The summed E-state index contributed by atoms with van der Waals surface area (Å²) in [7, 11) is 0. The maximum atomic E-state index is 12.7. The lowest BCUT2D eigenvalue weighted by atomic mass is 9.99. The van der Waals surface area contributed by atoms with E-state index in [1.165, 1.54) is 0 Å². The highest BCUT2D eigenvalue weighted by Crippen LogP contribution is 2.36. The number of aromatic amines is 1. The molecule has 0 spiro atoms. The number of fused-ring (bicyclic) bond motifs is 2. The fraction of sp³-hybridized carbons (Fsp3) is 0.304. The number of pyridine rings is 2. The number of carbonyl (C=O) groups is 1. The molecule has 2 aliphatic heterocycles. The molecule has 0 aliphatic carbocycles. The smallest absolute Gasteiger partial charge is 0.255 e. The summed E-state index contributed by atoms with van der Waals surface area (Å²) in [6.45, 7) is 2.47. The summed E-state index contributed by atoms with van der Waals surface area (Å²) in [6.07, 6.45) is 8.43. The molecule has 6 heterocycles. The van der Waals surface area contributed by atoms with Crippen molar-refractivity contribution in [3.63, 3.8) is 0 Å². The standard InChI is InChI=1S/C23H23N7O/c31-23(28-9-3-4-10-28)16-6-7-20(24-14-16)29-12-8-18-21(26-15-25-18)22(29)19-13-17-5-1-2-11-30(17)27-19/h1-2,5-7,11,13-15,22H,3-4,8-10,12H2,(H,25,26)/t22-/m0/s1. The van der Waals surface area contributed by atoms with Crippen molar-refractivity contribution in [2.75, 3.05) is 24.5 Å². The number of carbonyl (C=O) groups excluding carboxylic acids is 1. The minimum Gasteiger partial charge on any atom is -0.348 e. The van der Waals surface area contributed by atoms with Crippen molar-refractivity contribution in [1.82, 2.24) is 29.5 Å². The van der Waals surface area contributed by atoms with Gasteiger partial charge in [-0.05, 0) is 43.2 Å². The van der Waals surface area contributed by atoms with Crippen molar-refractivity contribution in [2.45, 2.75) is 25.3 Å². The van der Waals surface area contributed by atoms with E-state index in [2.05, 4.69) is 25.9 Å². The Labute approximate surface area is 179 Å². The van der Waals surface area contributed by atoms with Gasteiger partial charge in [0.05, 0.1) is 28.8 Å². The van der Waals surface area contributed by atoms with E-state index in [9.17, 15) is 4.79 Å². The SMILES string of the molecule is O=C(c1ccc(N2CCc3[nH]cnc3[C@@H]2c2cc3ccccn3n2)nc1)N1CCCC1. The zero-order valence-electron chi connectivity index (χ0n) is 17.1. The van der Waals surface area contributed by atoms with Gasteiger partial charge in [-0.25, -0.2) is 14.5 Å². The summed E-state index contributed by atoms with van der Waals surface area (Å²) in [5, 5.41) is 4.82. The Morgan fingerprint density at radius 1 is 1.06 bits per heavy atom. The summed E-state index contributed by atoms with van der Waals surface area (Å²) in [6, 6.07) is 11.8. The summed E-state index contributed by atoms with van der Waals surface area (Å²) in [5.74, 6) is 0.898. The van der Waals surface area contributed by atoms with Crippen LogP contribution in [0.3, 0.4) is 0 Å². The maximum absolute atomic E-state index is 12.7. The van der Waals surface area contributed by atoms with Gasteiger partial charge in [0.1, 0.15) is 11.9 Å². The molecule has 1 amide bonds. The molecule has 8 heteroatoms. The van der Waals surface area contributed by atoms with Crippen LogP contribution in [0.4, 0.5) is 5.82 Å². The molecule has 0 aromatic carbocycles. The van der Waals surface area contributed by atoms with Gasteiger partial charge in [0, 0.05) is 44.1 Å². The largest absolute Gasteiger partial charge is 0.348 e. The molecule has 1 N–H and O–H groups in total. The number of nitrogens with zero attached hydrogens (tertiary/aromatic N) is 6. The monoisotopic (exact) mass is 413 g/mol. The van der Waals surface area contributed by atoms with Gasteiger partial charge in [0.15, 0.2) is 0 Å². The van der Waals surface area contributed by atoms with Crippen LogP contribution in [0.5, 0.6) is 0 Å². The molecule has 4 aromatic rings. The first-order chi connectivity index (χ1) is 15.3. The zero-order chi connectivity index (χ0) is 20.8. The highest BCUT2D eigenvalue weighted by molar-refractivity contribution is 5.94. The Kier molecular flexibility index (Phi) is 4.22. The number of amides is 1. The predicted molar refractivity (Wildman–Crippen MR) is 116 cm³/mol. The molecular formula is C23H23N7O. The van der Waals surface area contributed by atoms with E-state index in [1.54, 1.807) is 12.5 Å². The molecule has 1 saturated heterocycles. The minimum absolute atomic E-state index is 0.0710. The lowest BCUT2D eigenvalue weighted by molar-refractivity contribution is 0.0792. The van der Waals surface area contributed by atoms with Gasteiger partial charge in [-0.2, -0.15) is 5.10 Å². The number of rotatable bonds is 3. The third-order valence-corrected chi connectivity index (χ3v) is 6.28. The molecular weight excluding hydrogens is 390 g/mol. The van der Waals surface area contributed by atoms with Crippen LogP contribution in [0.1, 0.15) is 46.3 Å². The van der Waals surface area contributed by atoms with Gasteiger partial charge in [0.25, 0.3) is 5.91 Å². The van der Waals surface area contributed by atoms with Crippen molar-refractivity contribution >= 4 is 17.2 Å². The van der Waals surface area contributed by atoms with Gasteiger partial charge in [-0.1, -0.05) is 6.07 Å². The highest BCUT2D eigenvalue weighted by Gasteiger charge is 2.34. The number of likely N-dealkylation sites (tertiary alicyclic amines) is 1. The normalized spacial score (nSPS) is 18.5. The van der Waals surface area contributed by atoms with Gasteiger partial charge >= 0.3 is 0 Å². The Morgan fingerprint density at radius 2 is 1.97 bits per heavy atom. The van der Waals surface area contributed by atoms with E-state index in [4.69, 9.17) is 5.10 Å². The molecule has 0 saturated carbocycles. The second-order valence-electron chi connectivity index (χ2n) is 8.16. The van der Waals surface area contributed by atoms with Gasteiger partial charge < -0.3 is 14.8 Å². The topological polar surface area (TPSA) is 82.4 Å². The third-order valence-electron chi connectivity index (χ3n) is 6.28. The lowest BCUT2D eigenvalue weighted by Crippen LogP contribution is -2.37. The second kappa shape index (κ2) is 7.23. The van der Waals surface area contributed by atoms with Crippen LogP contribution in [0.15, 0.2) is 55.1 Å². The number of hydrogen-bond donors (Lipinski definition) is 1. The van der Waals surface area contributed by atoms with E-state index >= 15 is 0 Å². The summed E-state index contributed by atoms with van der Waals surface area (Å²) in [5.41, 5.74) is 4.73. The van der Waals surface area contributed by atoms with E-state index in [-0.39, 0.29) is 11.9 Å². The van der Waals surface area contributed by atoms with Crippen LogP contribution in [-0.2, 0) is 6.42 Å². The average molecular weight is 413 g/mol. The highest BCUT2D eigenvalue weighted by atomic mass is 16.2. The fourth-order valence-electron chi connectivity index (χ4n) is 4.70. The molecule has 0 bridgehead atoms. The van der Waals surface area contributed by atoms with Crippen molar-refractivity contribution in [2.24, 2.45) is 0 Å². The molecule has 6 rings (SSSR count). The first-order valence-electron chi connectivity index (χ1n) is 10.8. The average Bonchev–Trinajstić information content (AvgIpc) is 3.58. The molecule has 4 aromatic heterocycles. The van der Waals surface area contributed by atoms with Crippen LogP contribution in [0, 0.1) is 0 Å². The number of anilines is 1. The quantitative estimate of drug-likeness (QED) is 0.559. The molecule has 31 heavy (non-hydrogen) atoms. The van der Waals surface area contributed by atoms with Crippen molar-refractivity contribution in [1.29, 1.82) is 0 Å². The summed E-state index contributed by atoms with van der Waals surface area (Å²) >= 11 is 0. The molecule has 0 radical (unpaired) electrons. The van der Waals surface area contributed by atoms with Gasteiger partial charge in [0.2, 0.25) is 0 Å². The fourth-order valence-corrected chi connectivity index (χ4v) is 4.70. The van der Waals surface area contributed by atoms with Crippen molar-refractivity contribution in [3.05, 3.63) is 77.8 Å². The van der Waals surface area contributed by atoms with Crippen LogP contribution < -0.4 is 4.90 Å². The Morgan fingerprint density at radius 3 is 2.77 bits per heavy atom. The Hall–Kier alpha value is -3.68. The van der Waals surface area contributed by atoms with Crippen molar-refractivity contribution < 1.29 is 4.79 Å². The van der Waals surface area contributed by atoms with E-state index in [0.717, 1.165) is 67.3 Å². The Bertz CT molecular complexity index is 1200.